The summed E-state index contributed by atoms with van der Waals surface area (Å²) in [7, 11) is 0. The Morgan fingerprint density at radius 2 is 1.67 bits per heavy atom. The Morgan fingerprint density at radius 3 is 2.27 bits per heavy atom. The van der Waals surface area contributed by atoms with Crippen LogP contribution >= 0.6 is 27.5 Å². The summed E-state index contributed by atoms with van der Waals surface area (Å²) < 4.78 is 0.841. The van der Waals surface area contributed by atoms with Gasteiger partial charge in [-0.2, -0.15) is 5.26 Å². The summed E-state index contributed by atoms with van der Waals surface area (Å²) in [5, 5.41) is 19.5. The molecule has 0 aliphatic carbocycles. The molecule has 0 aliphatic rings. The molecule has 0 saturated carbocycles. The smallest absolute Gasteiger partial charge is 0.151 e. The molecule has 0 fully saturated rings. The second-order valence-corrected chi connectivity index (χ2v) is 9.95. The third-order valence-corrected chi connectivity index (χ3v) is 7.14. The number of nitriles is 1. The van der Waals surface area contributed by atoms with Gasteiger partial charge >= 0.3 is 0 Å². The highest BCUT2D eigenvalue weighted by Gasteiger charge is 2.25. The van der Waals surface area contributed by atoms with Crippen molar-refractivity contribution < 1.29 is 5.11 Å². The van der Waals surface area contributed by atoms with Crippen molar-refractivity contribution in [2.75, 3.05) is 0 Å². The van der Waals surface area contributed by atoms with E-state index in [0.29, 0.717) is 0 Å². The number of phenolic OH excluding ortho intramolecular Hbond substituents is 1. The number of hydrogen-bond donors (Lipinski definition) is 1. The van der Waals surface area contributed by atoms with Gasteiger partial charge in [-0.15, -0.1) is 0 Å². The number of phenols is 1. The number of rotatable bonds is 5. The second-order valence-electron chi connectivity index (χ2n) is 8.79. The number of halogens is 2. The number of aryl methyl sites for hydroxylation is 1. The molecule has 0 saturated heterocycles. The molecule has 0 aliphatic heterocycles. The molecule has 1 N–H and O–H groups in total. The van der Waals surface area contributed by atoms with Crippen LogP contribution in [0.25, 0.3) is 11.1 Å². The lowest BCUT2D eigenvalue weighted by Gasteiger charge is -2.27. The molecule has 33 heavy (non-hydrogen) atoms. The maximum absolute atomic E-state index is 9.99. The number of aliphatic imine (C=N–C) groups is 1. The number of hydrogen-bond acceptors (Lipinski definition) is 3. The summed E-state index contributed by atoms with van der Waals surface area (Å²) in [5.74, 6) is -0.176. The summed E-state index contributed by atoms with van der Waals surface area (Å²) in [5.41, 5.74) is 7.29. The van der Waals surface area contributed by atoms with Gasteiger partial charge in [0.05, 0.1) is 10.6 Å². The van der Waals surface area contributed by atoms with Gasteiger partial charge in [0.2, 0.25) is 0 Å². The molecule has 0 atom stereocenters. The lowest BCUT2D eigenvalue weighted by Crippen LogP contribution is -2.19. The molecule has 5 heteroatoms. The van der Waals surface area contributed by atoms with Gasteiger partial charge in [-0.1, -0.05) is 61.8 Å². The van der Waals surface area contributed by atoms with Crippen LogP contribution in [0.3, 0.4) is 0 Å². The van der Waals surface area contributed by atoms with E-state index in [1.54, 1.807) is 12.1 Å². The van der Waals surface area contributed by atoms with Gasteiger partial charge < -0.3 is 5.11 Å². The van der Waals surface area contributed by atoms with E-state index < -0.39 is 5.41 Å². The maximum Gasteiger partial charge on any atom is 0.151 e. The minimum absolute atomic E-state index is 0.176. The number of allylic oxidation sites excluding steroid dienone is 1. The zero-order valence-electron chi connectivity index (χ0n) is 19.4. The Hall–Kier alpha value is -2.87. The number of aromatic hydroxyl groups is 1. The van der Waals surface area contributed by atoms with Gasteiger partial charge in [-0.3, -0.25) is 0 Å². The predicted octanol–water partition coefficient (Wildman–Crippen LogP) is 8.28. The first kappa shape index (κ1) is 24.8. The monoisotopic (exact) mass is 520 g/mol. The van der Waals surface area contributed by atoms with Crippen LogP contribution in [0, 0.1) is 18.3 Å². The Labute approximate surface area is 209 Å². The average molecular weight is 522 g/mol. The molecule has 168 valence electrons. The molecule has 3 aromatic rings. The third kappa shape index (κ3) is 5.38. The molecule has 0 spiro atoms. The molecule has 0 radical (unpaired) electrons. The number of nitrogens with zero attached hydrogens (tertiary/aromatic N) is 2. The zero-order valence-corrected chi connectivity index (χ0v) is 21.7. The minimum Gasteiger partial charge on any atom is -0.505 e. The fourth-order valence-electron chi connectivity index (χ4n) is 3.51. The first-order chi connectivity index (χ1) is 15.5. The third-order valence-electron chi connectivity index (χ3n) is 5.85. The van der Waals surface area contributed by atoms with Crippen molar-refractivity contribution in [1.82, 2.24) is 0 Å². The van der Waals surface area contributed by atoms with Gasteiger partial charge in [-0.25, -0.2) is 4.99 Å². The molecule has 0 unspecified atom stereocenters. The van der Waals surface area contributed by atoms with E-state index in [9.17, 15) is 10.4 Å². The summed E-state index contributed by atoms with van der Waals surface area (Å²) in [6, 6.07) is 20.2. The van der Waals surface area contributed by atoms with Crippen LogP contribution < -0.4 is 0 Å². The highest BCUT2D eigenvalue weighted by Crippen LogP contribution is 2.38. The molecule has 3 rings (SSSR count). The van der Waals surface area contributed by atoms with E-state index in [-0.39, 0.29) is 16.3 Å². The van der Waals surface area contributed by atoms with Crippen molar-refractivity contribution in [2.24, 2.45) is 4.99 Å². The molecule has 0 bridgehead atoms. The molecule has 3 aromatic carbocycles. The lowest BCUT2D eigenvalue weighted by atomic mass is 9.77. The quantitative estimate of drug-likeness (QED) is 0.271. The van der Waals surface area contributed by atoms with Crippen LogP contribution in [0.15, 0.2) is 69.8 Å². The molecule has 0 amide bonds. The Morgan fingerprint density at radius 1 is 1.03 bits per heavy atom. The van der Waals surface area contributed by atoms with E-state index >= 15 is 0 Å². The average Bonchev–Trinajstić information content (AvgIpc) is 2.79. The van der Waals surface area contributed by atoms with Crippen molar-refractivity contribution in [1.29, 1.82) is 5.26 Å². The topological polar surface area (TPSA) is 56.4 Å². The maximum atomic E-state index is 9.99. The molecular formula is C28H26BrClN2O. The standard InChI is InChI=1S/C28H26BrClN2O/c1-17(2)27(29)32-16-22-12-20(7-6-18(22)3)19-8-10-23(11-9-19)28(4,5)24-13-21(15-31)26(33)25(30)14-24/h6-14,16,33H,1-5H3/b32-16-. The molecule has 0 aromatic heterocycles. The van der Waals surface area contributed by atoms with E-state index in [1.165, 1.54) is 0 Å². The fourth-order valence-corrected chi connectivity index (χ4v) is 3.83. The first-order valence-corrected chi connectivity index (χ1v) is 11.7. The van der Waals surface area contributed by atoms with Crippen molar-refractivity contribution >= 4 is 33.7 Å². The SMILES string of the molecule is CC(C)=C(Br)/N=C\c1cc(-c2ccc(C(C)(C)c3cc(Cl)c(O)c(C#N)c3)cc2)ccc1C. The van der Waals surface area contributed by atoms with E-state index in [0.717, 1.165) is 43.6 Å². The normalized spacial score (nSPS) is 11.5. The van der Waals surface area contributed by atoms with Crippen LogP contribution in [0.1, 0.15) is 55.5 Å². The summed E-state index contributed by atoms with van der Waals surface area (Å²) >= 11 is 9.66. The molecule has 3 nitrogen and oxygen atoms in total. The van der Waals surface area contributed by atoms with Gasteiger partial charge in [0, 0.05) is 11.6 Å². The highest BCUT2D eigenvalue weighted by molar-refractivity contribution is 9.11. The van der Waals surface area contributed by atoms with Crippen LogP contribution in [0.5, 0.6) is 5.75 Å². The van der Waals surface area contributed by atoms with E-state index in [2.05, 4.69) is 84.2 Å². The fraction of sp³-hybridized carbons (Fsp3) is 0.214. The van der Waals surface area contributed by atoms with Crippen LogP contribution in [-0.2, 0) is 5.41 Å². The van der Waals surface area contributed by atoms with Crippen molar-refractivity contribution in [3.05, 3.63) is 97.6 Å². The van der Waals surface area contributed by atoms with Crippen LogP contribution in [0.4, 0.5) is 0 Å². The van der Waals surface area contributed by atoms with Crippen LogP contribution in [0.2, 0.25) is 5.02 Å². The summed E-state index contributed by atoms with van der Waals surface area (Å²) in [4.78, 5) is 4.52. The summed E-state index contributed by atoms with van der Waals surface area (Å²) in [6.45, 7) is 10.3. The number of benzene rings is 3. The largest absolute Gasteiger partial charge is 0.505 e. The first-order valence-electron chi connectivity index (χ1n) is 10.6. The van der Waals surface area contributed by atoms with Crippen molar-refractivity contribution in [2.45, 2.75) is 40.0 Å². The van der Waals surface area contributed by atoms with Crippen molar-refractivity contribution in [3.63, 3.8) is 0 Å². The Kier molecular flexibility index (Phi) is 7.47. The van der Waals surface area contributed by atoms with Gasteiger partial charge in [-0.05, 0) is 93.9 Å². The minimum atomic E-state index is -0.400. The van der Waals surface area contributed by atoms with E-state index in [1.807, 2.05) is 26.1 Å². The zero-order chi connectivity index (χ0) is 24.3. The lowest BCUT2D eigenvalue weighted by molar-refractivity contribution is 0.473. The van der Waals surface area contributed by atoms with Gasteiger partial charge in [0.15, 0.2) is 5.75 Å². The van der Waals surface area contributed by atoms with Crippen LogP contribution in [-0.4, -0.2) is 11.3 Å². The predicted molar refractivity (Wildman–Crippen MR) is 141 cm³/mol. The highest BCUT2D eigenvalue weighted by atomic mass is 79.9. The summed E-state index contributed by atoms with van der Waals surface area (Å²) in [6.07, 6.45) is 1.88. The van der Waals surface area contributed by atoms with Gasteiger partial charge in [0.1, 0.15) is 10.7 Å². The molecule has 0 heterocycles. The van der Waals surface area contributed by atoms with Crippen molar-refractivity contribution in [3.8, 4) is 22.9 Å². The molecular weight excluding hydrogens is 496 g/mol. The van der Waals surface area contributed by atoms with E-state index in [4.69, 9.17) is 11.6 Å². The Bertz CT molecular complexity index is 1290. The Balaban J connectivity index is 1.95. The second kappa shape index (κ2) is 9.95. The van der Waals surface area contributed by atoms with Gasteiger partial charge in [0.25, 0.3) is 0 Å².